The summed E-state index contributed by atoms with van der Waals surface area (Å²) in [5, 5.41) is 0.403. The fraction of sp³-hybridized carbons (Fsp3) is 0.267. The number of hydrogen-bond acceptors (Lipinski definition) is 5. The van der Waals surface area contributed by atoms with Gasteiger partial charge in [0, 0.05) is 5.69 Å². The fourth-order valence-corrected chi connectivity index (χ4v) is 4.78. The number of anilines is 1. The van der Waals surface area contributed by atoms with Crippen LogP contribution in [0, 0.1) is 12.7 Å². The maximum atomic E-state index is 13.8. The molecule has 5 rings (SSSR count). The molecule has 1 amide bonds. The first-order valence-corrected chi connectivity index (χ1v) is 12.4. The van der Waals surface area contributed by atoms with E-state index in [1.807, 2.05) is 19.1 Å². The van der Waals surface area contributed by atoms with Crippen LogP contribution in [0.1, 0.15) is 59.5 Å². The predicted octanol–water partition coefficient (Wildman–Crippen LogP) is 6.57. The summed E-state index contributed by atoms with van der Waals surface area (Å²) in [7, 11) is 1.55. The third kappa shape index (κ3) is 4.46. The molecule has 2 heterocycles. The van der Waals surface area contributed by atoms with Crippen LogP contribution in [0.15, 0.2) is 69.9 Å². The van der Waals surface area contributed by atoms with Crippen LogP contribution in [-0.2, 0) is 0 Å². The minimum atomic E-state index is -0.794. The molecule has 190 valence electrons. The highest BCUT2D eigenvalue weighted by molar-refractivity contribution is 6.10. The number of unbranched alkanes of at least 4 members (excludes halogenated alkanes) is 2. The quantitative estimate of drug-likeness (QED) is 0.256. The lowest BCUT2D eigenvalue weighted by Crippen LogP contribution is -2.29. The summed E-state index contributed by atoms with van der Waals surface area (Å²) < 4.78 is 31.3. The number of ether oxygens (including phenoxy) is 2. The van der Waals surface area contributed by atoms with Gasteiger partial charge in [-0.15, -0.1) is 0 Å². The average Bonchev–Trinajstić information content (AvgIpc) is 3.20. The van der Waals surface area contributed by atoms with Gasteiger partial charge in [0.2, 0.25) is 5.76 Å². The summed E-state index contributed by atoms with van der Waals surface area (Å²) in [6, 6.07) is 15.5. The Labute approximate surface area is 214 Å². The van der Waals surface area contributed by atoms with Crippen LogP contribution < -0.4 is 19.8 Å². The van der Waals surface area contributed by atoms with Gasteiger partial charge in [-0.1, -0.05) is 37.5 Å². The van der Waals surface area contributed by atoms with Crippen LogP contribution >= 0.6 is 0 Å². The molecule has 37 heavy (non-hydrogen) atoms. The van der Waals surface area contributed by atoms with Gasteiger partial charge in [-0.3, -0.25) is 14.5 Å². The number of carbonyl (C=O) groups is 1. The lowest BCUT2D eigenvalue weighted by atomic mass is 9.97. The molecule has 4 aromatic rings. The van der Waals surface area contributed by atoms with Crippen LogP contribution in [0.4, 0.5) is 10.1 Å². The SMILES string of the molecule is CCCCCOc1ccc(C2c3c(oc4ccc(C)cc4c3=O)C(=O)N2c2ccc(F)cc2)cc1OC. The number of fused-ring (bicyclic) bond motifs is 2. The lowest BCUT2D eigenvalue weighted by Gasteiger charge is -2.26. The number of hydrogen-bond donors (Lipinski definition) is 0. The van der Waals surface area contributed by atoms with Crippen molar-refractivity contribution in [2.75, 3.05) is 18.6 Å². The highest BCUT2D eigenvalue weighted by Crippen LogP contribution is 2.43. The Hall–Kier alpha value is -4.13. The molecule has 0 radical (unpaired) electrons. The minimum Gasteiger partial charge on any atom is -0.493 e. The normalized spacial score (nSPS) is 14.8. The van der Waals surface area contributed by atoms with E-state index in [1.165, 1.54) is 29.2 Å². The first kappa shape index (κ1) is 24.6. The monoisotopic (exact) mass is 501 g/mol. The highest BCUT2D eigenvalue weighted by Gasteiger charge is 2.44. The Morgan fingerprint density at radius 1 is 0.973 bits per heavy atom. The van der Waals surface area contributed by atoms with Gasteiger partial charge in [0.05, 0.1) is 30.7 Å². The van der Waals surface area contributed by atoms with Crippen molar-refractivity contribution in [3.8, 4) is 11.5 Å². The molecule has 0 saturated heterocycles. The molecule has 0 aliphatic carbocycles. The van der Waals surface area contributed by atoms with E-state index >= 15 is 0 Å². The zero-order chi connectivity index (χ0) is 26.1. The average molecular weight is 502 g/mol. The largest absolute Gasteiger partial charge is 0.493 e. The van der Waals surface area contributed by atoms with Gasteiger partial charge in [-0.2, -0.15) is 0 Å². The second-order valence-corrected chi connectivity index (χ2v) is 9.19. The van der Waals surface area contributed by atoms with E-state index in [4.69, 9.17) is 13.9 Å². The smallest absolute Gasteiger partial charge is 0.295 e. The van der Waals surface area contributed by atoms with Gasteiger partial charge in [-0.05, 0) is 67.4 Å². The molecule has 6 nitrogen and oxygen atoms in total. The van der Waals surface area contributed by atoms with E-state index in [2.05, 4.69) is 6.92 Å². The third-order valence-electron chi connectivity index (χ3n) is 6.64. The number of amides is 1. The minimum absolute atomic E-state index is 0.0189. The Bertz CT molecular complexity index is 1530. The first-order valence-electron chi connectivity index (χ1n) is 12.4. The summed E-state index contributed by atoms with van der Waals surface area (Å²) in [6.45, 7) is 4.58. The van der Waals surface area contributed by atoms with E-state index in [1.54, 1.807) is 31.4 Å². The molecule has 0 saturated carbocycles. The third-order valence-corrected chi connectivity index (χ3v) is 6.64. The van der Waals surface area contributed by atoms with Crippen LogP contribution in [0.5, 0.6) is 11.5 Å². The molecule has 1 aromatic heterocycles. The number of rotatable bonds is 8. The standard InChI is InChI=1S/C30H28FNO5/c1-4-5-6-15-36-24-14-8-19(17-25(24)35-3)27-26-28(33)22-16-18(2)7-13-23(22)37-29(26)30(34)32(27)21-11-9-20(31)10-12-21/h7-14,16-17,27H,4-6,15H2,1-3H3. The van der Waals surface area contributed by atoms with E-state index in [0.29, 0.717) is 40.3 Å². The van der Waals surface area contributed by atoms with Gasteiger partial charge >= 0.3 is 0 Å². The summed E-state index contributed by atoms with van der Waals surface area (Å²) in [4.78, 5) is 29.0. The number of aryl methyl sites for hydroxylation is 1. The molecule has 7 heteroatoms. The molecular formula is C30H28FNO5. The van der Waals surface area contributed by atoms with E-state index in [0.717, 1.165) is 24.8 Å². The number of halogens is 1. The number of nitrogens with zero attached hydrogens (tertiary/aromatic N) is 1. The van der Waals surface area contributed by atoms with Gasteiger partial charge in [-0.25, -0.2) is 4.39 Å². The van der Waals surface area contributed by atoms with Crippen molar-refractivity contribution in [3.05, 3.63) is 99.2 Å². The van der Waals surface area contributed by atoms with Gasteiger partial charge in [0.25, 0.3) is 5.91 Å². The Balaban J connectivity index is 1.67. The second kappa shape index (κ2) is 10.1. The predicted molar refractivity (Wildman–Crippen MR) is 140 cm³/mol. The molecule has 0 bridgehead atoms. The van der Waals surface area contributed by atoms with Gasteiger partial charge < -0.3 is 13.9 Å². The van der Waals surface area contributed by atoms with Crippen LogP contribution in [0.2, 0.25) is 0 Å². The van der Waals surface area contributed by atoms with E-state index < -0.39 is 17.8 Å². The molecule has 0 spiro atoms. The molecule has 0 N–H and O–H groups in total. The summed E-state index contributed by atoms with van der Waals surface area (Å²) in [5.41, 5.74) is 2.31. The molecular weight excluding hydrogens is 473 g/mol. The Kier molecular flexibility index (Phi) is 6.70. The molecule has 1 unspecified atom stereocenters. The molecule has 1 atom stereocenters. The van der Waals surface area contributed by atoms with Crippen LogP contribution in [0.25, 0.3) is 11.0 Å². The maximum Gasteiger partial charge on any atom is 0.295 e. The first-order chi connectivity index (χ1) is 17.9. The van der Waals surface area contributed by atoms with Gasteiger partial charge in [0.15, 0.2) is 16.9 Å². The summed E-state index contributed by atoms with van der Waals surface area (Å²) >= 11 is 0. The number of methoxy groups -OCH3 is 1. The zero-order valence-electron chi connectivity index (χ0n) is 21.0. The molecule has 0 fully saturated rings. The highest BCUT2D eigenvalue weighted by atomic mass is 19.1. The summed E-state index contributed by atoms with van der Waals surface area (Å²) in [5.74, 6) is 0.169. The van der Waals surface area contributed by atoms with E-state index in [-0.39, 0.29) is 16.8 Å². The second-order valence-electron chi connectivity index (χ2n) is 9.19. The number of carbonyl (C=O) groups excluding carboxylic acids is 1. The van der Waals surface area contributed by atoms with E-state index in [9.17, 15) is 14.0 Å². The van der Waals surface area contributed by atoms with Crippen molar-refractivity contribution in [3.63, 3.8) is 0 Å². The van der Waals surface area contributed by atoms with Crippen molar-refractivity contribution < 1.29 is 23.1 Å². The van der Waals surface area contributed by atoms with Crippen LogP contribution in [0.3, 0.4) is 0 Å². The van der Waals surface area contributed by atoms with Crippen molar-refractivity contribution >= 4 is 22.6 Å². The lowest BCUT2D eigenvalue weighted by molar-refractivity contribution is 0.0971. The van der Waals surface area contributed by atoms with Crippen molar-refractivity contribution in [2.24, 2.45) is 0 Å². The van der Waals surface area contributed by atoms with Gasteiger partial charge in [0.1, 0.15) is 11.4 Å². The fourth-order valence-electron chi connectivity index (χ4n) is 4.78. The molecule has 1 aliphatic heterocycles. The summed E-state index contributed by atoms with van der Waals surface area (Å²) in [6.07, 6.45) is 3.08. The number of benzene rings is 3. The Morgan fingerprint density at radius 2 is 1.76 bits per heavy atom. The molecule has 3 aromatic carbocycles. The molecule has 1 aliphatic rings. The zero-order valence-corrected chi connectivity index (χ0v) is 21.0. The Morgan fingerprint density at radius 3 is 2.49 bits per heavy atom. The van der Waals surface area contributed by atoms with Crippen LogP contribution in [-0.4, -0.2) is 19.6 Å². The van der Waals surface area contributed by atoms with Crippen molar-refractivity contribution in [2.45, 2.75) is 39.2 Å². The van der Waals surface area contributed by atoms with Crippen molar-refractivity contribution in [1.82, 2.24) is 0 Å². The topological polar surface area (TPSA) is 69.0 Å². The maximum absolute atomic E-state index is 13.8. The van der Waals surface area contributed by atoms with Crippen molar-refractivity contribution in [1.29, 1.82) is 0 Å².